The summed E-state index contributed by atoms with van der Waals surface area (Å²) >= 11 is 3.51. The van der Waals surface area contributed by atoms with Crippen LogP contribution in [-0.4, -0.2) is 18.1 Å². The highest BCUT2D eigenvalue weighted by molar-refractivity contribution is 9.10. The summed E-state index contributed by atoms with van der Waals surface area (Å²) in [5.74, 6) is 2.39. The van der Waals surface area contributed by atoms with E-state index in [0.717, 1.165) is 35.8 Å². The number of rotatable bonds is 9. The van der Waals surface area contributed by atoms with E-state index in [2.05, 4.69) is 65.3 Å². The highest BCUT2D eigenvalue weighted by atomic mass is 79.9. The maximum absolute atomic E-state index is 4.52. The molecule has 0 unspecified atom stereocenters. The molecule has 2 N–H and O–H groups in total. The van der Waals surface area contributed by atoms with Gasteiger partial charge in [-0.1, -0.05) is 40.5 Å². The fourth-order valence-corrected chi connectivity index (χ4v) is 2.47. The van der Waals surface area contributed by atoms with E-state index in [9.17, 15) is 0 Å². The summed E-state index contributed by atoms with van der Waals surface area (Å²) < 4.78 is 1.03. The number of hydrogen-bond acceptors (Lipinski definition) is 3. The van der Waals surface area contributed by atoms with E-state index in [-0.39, 0.29) is 0 Å². The average Bonchev–Trinajstić information content (AvgIpc) is 2.41. The van der Waals surface area contributed by atoms with Gasteiger partial charge in [0.15, 0.2) is 0 Å². The first-order valence-corrected chi connectivity index (χ1v) is 8.45. The van der Waals surface area contributed by atoms with Crippen molar-refractivity contribution in [3.8, 4) is 0 Å². The smallest absolute Gasteiger partial charge is 0.130 e. The lowest BCUT2D eigenvalue weighted by Gasteiger charge is -2.17. The zero-order chi connectivity index (χ0) is 15.0. The molecule has 1 aromatic heterocycles. The Labute approximate surface area is 132 Å². The van der Waals surface area contributed by atoms with Crippen LogP contribution in [0.3, 0.4) is 0 Å². The summed E-state index contributed by atoms with van der Waals surface area (Å²) in [6.45, 7) is 11.8. The minimum absolute atomic E-state index is 0.663. The van der Waals surface area contributed by atoms with E-state index in [4.69, 9.17) is 0 Å². The minimum Gasteiger partial charge on any atom is -0.370 e. The van der Waals surface area contributed by atoms with Crippen molar-refractivity contribution < 1.29 is 0 Å². The molecule has 0 bridgehead atoms. The van der Waals surface area contributed by atoms with Gasteiger partial charge in [-0.3, -0.25) is 0 Å². The highest BCUT2D eigenvalue weighted by Gasteiger charge is 2.08. The third-order valence-corrected chi connectivity index (χ3v) is 3.95. The Morgan fingerprint density at radius 3 is 2.50 bits per heavy atom. The molecule has 0 saturated heterocycles. The van der Waals surface area contributed by atoms with Crippen molar-refractivity contribution in [2.75, 3.05) is 18.4 Å². The first-order valence-electron chi connectivity index (χ1n) is 7.65. The number of nitrogens with one attached hydrogen (secondary N) is 2. The van der Waals surface area contributed by atoms with E-state index in [1.165, 1.54) is 18.4 Å². The molecule has 114 valence electrons. The van der Waals surface area contributed by atoms with Crippen LogP contribution < -0.4 is 10.6 Å². The summed E-state index contributed by atoms with van der Waals surface area (Å²) in [7, 11) is 0. The van der Waals surface area contributed by atoms with E-state index >= 15 is 0 Å². The molecule has 0 aromatic carbocycles. The average molecular weight is 342 g/mol. The van der Waals surface area contributed by atoms with Gasteiger partial charge in [-0.15, -0.1) is 0 Å². The van der Waals surface area contributed by atoms with Crippen molar-refractivity contribution in [2.45, 2.75) is 47.1 Å². The Morgan fingerprint density at radius 2 is 1.90 bits per heavy atom. The van der Waals surface area contributed by atoms with E-state index in [1.807, 2.05) is 6.20 Å². The van der Waals surface area contributed by atoms with Crippen LogP contribution in [-0.2, 0) is 6.54 Å². The van der Waals surface area contributed by atoms with Crippen LogP contribution in [0.25, 0.3) is 0 Å². The molecule has 0 aliphatic heterocycles. The molecular formula is C16H28BrN3. The maximum atomic E-state index is 4.52. The van der Waals surface area contributed by atoms with Crippen LogP contribution >= 0.6 is 15.9 Å². The molecule has 0 aliphatic rings. The van der Waals surface area contributed by atoms with E-state index in [1.54, 1.807) is 0 Å². The van der Waals surface area contributed by atoms with Gasteiger partial charge < -0.3 is 10.6 Å². The number of halogens is 1. The zero-order valence-corrected chi connectivity index (χ0v) is 14.8. The van der Waals surface area contributed by atoms with Gasteiger partial charge >= 0.3 is 0 Å². The SMILES string of the molecule is CCC(CC)CNc1ncc(Br)cc1CNCC(C)C. The van der Waals surface area contributed by atoms with Crippen LogP contribution in [0.5, 0.6) is 0 Å². The second kappa shape index (κ2) is 9.35. The number of pyridine rings is 1. The van der Waals surface area contributed by atoms with Crippen molar-refractivity contribution in [3.05, 3.63) is 22.3 Å². The van der Waals surface area contributed by atoms with Crippen LogP contribution in [0.15, 0.2) is 16.7 Å². The molecule has 1 heterocycles. The predicted molar refractivity (Wildman–Crippen MR) is 91.0 cm³/mol. The van der Waals surface area contributed by atoms with Gasteiger partial charge in [0.1, 0.15) is 5.82 Å². The molecule has 1 rings (SSSR count). The molecule has 3 nitrogen and oxygen atoms in total. The highest BCUT2D eigenvalue weighted by Crippen LogP contribution is 2.19. The first-order chi connectivity index (χ1) is 9.56. The number of anilines is 1. The van der Waals surface area contributed by atoms with Gasteiger partial charge in [0, 0.05) is 29.3 Å². The number of aromatic nitrogens is 1. The standard InChI is InChI=1S/C16H28BrN3/c1-5-13(6-2)9-19-16-14(7-15(17)11-20-16)10-18-8-12(3)4/h7,11-13,18H,5-6,8-10H2,1-4H3,(H,19,20). The molecule has 1 aromatic rings. The van der Waals surface area contributed by atoms with Gasteiger partial charge in [0.05, 0.1) is 0 Å². The lowest BCUT2D eigenvalue weighted by Crippen LogP contribution is -2.21. The third-order valence-electron chi connectivity index (χ3n) is 3.51. The van der Waals surface area contributed by atoms with Crippen molar-refractivity contribution in [3.63, 3.8) is 0 Å². The molecule has 0 atom stereocenters. The van der Waals surface area contributed by atoms with Gasteiger partial charge in [0.2, 0.25) is 0 Å². The quantitative estimate of drug-likeness (QED) is 0.697. The lowest BCUT2D eigenvalue weighted by molar-refractivity contribution is 0.517. The Bertz CT molecular complexity index is 389. The van der Waals surface area contributed by atoms with Crippen LogP contribution in [0.2, 0.25) is 0 Å². The number of hydrogen-bond donors (Lipinski definition) is 2. The number of nitrogens with zero attached hydrogens (tertiary/aromatic N) is 1. The second-order valence-electron chi connectivity index (χ2n) is 5.75. The van der Waals surface area contributed by atoms with E-state index in [0.29, 0.717) is 5.92 Å². The molecular weight excluding hydrogens is 314 g/mol. The van der Waals surface area contributed by atoms with Gasteiger partial charge in [-0.25, -0.2) is 4.98 Å². The summed E-state index contributed by atoms with van der Waals surface area (Å²) in [5.41, 5.74) is 1.23. The minimum atomic E-state index is 0.663. The van der Waals surface area contributed by atoms with Crippen molar-refractivity contribution >= 4 is 21.7 Å². The van der Waals surface area contributed by atoms with Crippen LogP contribution in [0, 0.1) is 11.8 Å². The van der Waals surface area contributed by atoms with Gasteiger partial charge in [-0.2, -0.15) is 0 Å². The summed E-state index contributed by atoms with van der Waals surface area (Å²) in [4.78, 5) is 4.52. The Morgan fingerprint density at radius 1 is 1.20 bits per heavy atom. The molecule has 0 saturated carbocycles. The molecule has 0 amide bonds. The molecule has 0 radical (unpaired) electrons. The van der Waals surface area contributed by atoms with Gasteiger partial charge in [-0.05, 0) is 40.4 Å². The summed E-state index contributed by atoms with van der Waals surface area (Å²) in [6, 6.07) is 2.15. The Balaban J connectivity index is 2.64. The monoisotopic (exact) mass is 341 g/mol. The molecule has 4 heteroatoms. The molecule has 0 spiro atoms. The van der Waals surface area contributed by atoms with Crippen LogP contribution in [0.1, 0.15) is 46.1 Å². The third kappa shape index (κ3) is 6.23. The van der Waals surface area contributed by atoms with Crippen molar-refractivity contribution in [1.29, 1.82) is 0 Å². The molecule has 20 heavy (non-hydrogen) atoms. The van der Waals surface area contributed by atoms with Crippen LogP contribution in [0.4, 0.5) is 5.82 Å². The lowest BCUT2D eigenvalue weighted by atomic mass is 10.0. The molecule has 0 fully saturated rings. The van der Waals surface area contributed by atoms with Crippen molar-refractivity contribution in [1.82, 2.24) is 10.3 Å². The van der Waals surface area contributed by atoms with Crippen molar-refractivity contribution in [2.24, 2.45) is 11.8 Å². The largest absolute Gasteiger partial charge is 0.370 e. The van der Waals surface area contributed by atoms with Gasteiger partial charge in [0.25, 0.3) is 0 Å². The normalized spacial score (nSPS) is 11.3. The maximum Gasteiger partial charge on any atom is 0.130 e. The fraction of sp³-hybridized carbons (Fsp3) is 0.688. The van der Waals surface area contributed by atoms with E-state index < -0.39 is 0 Å². The Hall–Kier alpha value is -0.610. The predicted octanol–water partition coefficient (Wildman–Crippen LogP) is 4.44. The summed E-state index contributed by atoms with van der Waals surface area (Å²) in [6.07, 6.45) is 4.28. The Kier molecular flexibility index (Phi) is 8.15. The second-order valence-corrected chi connectivity index (χ2v) is 6.67. The first kappa shape index (κ1) is 17.4. The zero-order valence-electron chi connectivity index (χ0n) is 13.2. The fourth-order valence-electron chi connectivity index (χ4n) is 2.09. The summed E-state index contributed by atoms with van der Waals surface area (Å²) in [5, 5.41) is 6.99. The topological polar surface area (TPSA) is 37.0 Å². The molecule has 0 aliphatic carbocycles.